The quantitative estimate of drug-likeness (QED) is 0.463. The van der Waals surface area contributed by atoms with Crippen LogP contribution in [0.4, 0.5) is 0 Å². The second-order valence-corrected chi connectivity index (χ2v) is 8.20. The van der Waals surface area contributed by atoms with Crippen molar-refractivity contribution in [3.63, 3.8) is 0 Å². The van der Waals surface area contributed by atoms with Crippen molar-refractivity contribution < 1.29 is 19.8 Å². The van der Waals surface area contributed by atoms with Crippen molar-refractivity contribution in [1.82, 2.24) is 0 Å². The summed E-state index contributed by atoms with van der Waals surface area (Å²) in [6.07, 6.45) is -0.0601. The first-order valence-electron chi connectivity index (χ1n) is 6.81. The van der Waals surface area contributed by atoms with E-state index in [2.05, 4.69) is 55.4 Å². The van der Waals surface area contributed by atoms with E-state index in [-0.39, 0.29) is 47.6 Å². The zero-order valence-electron chi connectivity index (χ0n) is 14.8. The van der Waals surface area contributed by atoms with Crippen LogP contribution in [0.5, 0.6) is 0 Å². The Bertz CT molecular complexity index is 241. The van der Waals surface area contributed by atoms with Crippen LogP contribution in [0.1, 0.15) is 54.4 Å². The van der Waals surface area contributed by atoms with Gasteiger partial charge in [-0.25, -0.2) is 0 Å². The molecule has 0 rings (SSSR count). The van der Waals surface area contributed by atoms with Crippen LogP contribution in [-0.2, 0) is 9.59 Å². The molecule has 0 aliphatic rings. The summed E-state index contributed by atoms with van der Waals surface area (Å²) in [6, 6.07) is 0. The Labute approximate surface area is 157 Å². The minimum Gasteiger partial charge on any atom is -0.550 e. The molecule has 0 aliphatic carbocycles. The molecule has 0 heterocycles. The van der Waals surface area contributed by atoms with Gasteiger partial charge in [-0.05, 0) is 49.0 Å². The Kier molecular flexibility index (Phi) is 21.8. The van der Waals surface area contributed by atoms with Crippen LogP contribution in [0.2, 0.25) is 0 Å². The molecule has 0 saturated carbocycles. The van der Waals surface area contributed by atoms with Gasteiger partial charge in [0.2, 0.25) is 0 Å². The summed E-state index contributed by atoms with van der Waals surface area (Å²) in [4.78, 5) is 19.7. The first-order chi connectivity index (χ1) is 9.13. The molecular formula is C16H30O4SSn. The van der Waals surface area contributed by atoms with Crippen molar-refractivity contribution >= 4 is 47.6 Å². The number of carbonyl (C=O) groups is 2. The van der Waals surface area contributed by atoms with Crippen LogP contribution in [0.15, 0.2) is 0 Å². The number of carboxylic acids is 2. The smallest absolute Gasteiger partial charge is 0.550 e. The molecule has 4 radical (unpaired) electrons. The molecule has 0 aromatic carbocycles. The summed E-state index contributed by atoms with van der Waals surface area (Å²) in [7, 11) is 0. The molecule has 0 amide bonds. The number of carbonyl (C=O) groups excluding carboxylic acids is 2. The summed E-state index contributed by atoms with van der Waals surface area (Å²) < 4.78 is 0. The van der Waals surface area contributed by atoms with Gasteiger partial charge in [-0.1, -0.05) is 41.5 Å². The largest absolute Gasteiger partial charge is 2.00 e. The number of hydrogen-bond acceptors (Lipinski definition) is 5. The fraction of sp³-hybridized carbons (Fsp3) is 0.750. The fourth-order valence-electron chi connectivity index (χ4n) is 0.413. The van der Waals surface area contributed by atoms with E-state index in [9.17, 15) is 19.8 Å². The molecule has 128 valence electrons. The minimum absolute atomic E-state index is 0. The molecule has 6 heteroatoms. The van der Waals surface area contributed by atoms with Gasteiger partial charge in [0.1, 0.15) is 0 Å². The standard InChI is InChI=1S/C6H10O4S.2C5H11.Sn/c7-5(8)1-3-11-4-2-6(9)10;2*1-5(2,3)4;/h1-4H2,(H,7,8)(H,9,10);2*1H2,2-4H3;/q;;;+2/p-2. The molecule has 0 unspecified atom stereocenters. The van der Waals surface area contributed by atoms with Crippen molar-refractivity contribution in [2.24, 2.45) is 10.8 Å². The van der Waals surface area contributed by atoms with Gasteiger partial charge < -0.3 is 19.8 Å². The zero-order chi connectivity index (χ0) is 17.7. The monoisotopic (exact) mass is 438 g/mol. The van der Waals surface area contributed by atoms with E-state index in [0.717, 1.165) is 0 Å². The molecule has 22 heavy (non-hydrogen) atoms. The van der Waals surface area contributed by atoms with Crippen molar-refractivity contribution in [2.75, 3.05) is 11.5 Å². The summed E-state index contributed by atoms with van der Waals surface area (Å²) in [6.45, 7) is 20.0. The van der Waals surface area contributed by atoms with Crippen LogP contribution < -0.4 is 10.2 Å². The first kappa shape index (κ1) is 30.0. The van der Waals surface area contributed by atoms with Crippen LogP contribution >= 0.6 is 11.8 Å². The molecule has 0 bridgehead atoms. The summed E-state index contributed by atoms with van der Waals surface area (Å²) >= 11 is 1.27. The van der Waals surface area contributed by atoms with E-state index in [1.54, 1.807) is 0 Å². The fourth-order valence-corrected chi connectivity index (χ4v) is 1.24. The predicted molar refractivity (Wildman–Crippen MR) is 92.0 cm³/mol. The second-order valence-electron chi connectivity index (χ2n) is 6.98. The third kappa shape index (κ3) is 112. The second kappa shape index (κ2) is 16.0. The summed E-state index contributed by atoms with van der Waals surface area (Å²) in [5, 5.41) is 19.7. The number of aliphatic carboxylic acids is 2. The Hall–Kier alpha value is 0.0887. The van der Waals surface area contributed by atoms with E-state index >= 15 is 0 Å². The van der Waals surface area contributed by atoms with E-state index in [1.807, 2.05) is 0 Å². The molecule has 0 saturated heterocycles. The van der Waals surface area contributed by atoms with Gasteiger partial charge in [-0.15, -0.1) is 0 Å². The first-order valence-corrected chi connectivity index (χ1v) is 7.96. The van der Waals surface area contributed by atoms with Crippen LogP contribution in [0.25, 0.3) is 0 Å². The van der Waals surface area contributed by atoms with Gasteiger partial charge in [0.05, 0.1) is 0 Å². The van der Waals surface area contributed by atoms with Gasteiger partial charge in [0, 0.05) is 11.9 Å². The van der Waals surface area contributed by atoms with Gasteiger partial charge in [0.25, 0.3) is 0 Å². The third-order valence-corrected chi connectivity index (χ3v) is 1.89. The molecule has 0 aromatic heterocycles. The Morgan fingerprint density at radius 1 is 0.818 bits per heavy atom. The summed E-state index contributed by atoms with van der Waals surface area (Å²) in [5.41, 5.74) is 0.500. The molecule has 0 aliphatic heterocycles. The third-order valence-electron chi connectivity index (χ3n) is 0.901. The molecule has 0 spiro atoms. The zero-order valence-corrected chi connectivity index (χ0v) is 18.5. The Morgan fingerprint density at radius 2 is 1.00 bits per heavy atom. The molecule has 0 atom stereocenters. The maximum atomic E-state index is 9.84. The van der Waals surface area contributed by atoms with Crippen LogP contribution in [0.3, 0.4) is 0 Å². The van der Waals surface area contributed by atoms with Crippen molar-refractivity contribution in [3.05, 3.63) is 13.8 Å². The molecule has 4 nitrogen and oxygen atoms in total. The Balaban J connectivity index is -0.000000124. The number of hydrogen-bond donors (Lipinski definition) is 0. The molecule has 0 aromatic rings. The van der Waals surface area contributed by atoms with E-state index in [4.69, 9.17) is 0 Å². The Morgan fingerprint density at radius 3 is 1.14 bits per heavy atom. The topological polar surface area (TPSA) is 80.3 Å². The minimum atomic E-state index is -1.11. The average Bonchev–Trinajstić information content (AvgIpc) is 2.10. The SMILES string of the molecule is O=C([O-])CCSCCC(=O)[O-].[CH2]C(C)(C)C.[CH2]C(C)(C)C.[Sn+2]. The van der Waals surface area contributed by atoms with Crippen molar-refractivity contribution in [2.45, 2.75) is 54.4 Å². The van der Waals surface area contributed by atoms with Crippen molar-refractivity contribution in [1.29, 1.82) is 0 Å². The number of thioether (sulfide) groups is 1. The number of rotatable bonds is 6. The average molecular weight is 437 g/mol. The maximum absolute atomic E-state index is 9.84. The van der Waals surface area contributed by atoms with E-state index < -0.39 is 11.9 Å². The molecular weight excluding hydrogens is 407 g/mol. The van der Waals surface area contributed by atoms with E-state index in [1.165, 1.54) is 11.8 Å². The van der Waals surface area contributed by atoms with Gasteiger partial charge in [-0.2, -0.15) is 11.8 Å². The van der Waals surface area contributed by atoms with Gasteiger partial charge in [-0.3, -0.25) is 0 Å². The van der Waals surface area contributed by atoms with E-state index in [0.29, 0.717) is 11.5 Å². The normalized spacial score (nSPS) is 10.2. The van der Waals surface area contributed by atoms with Crippen LogP contribution in [-0.4, -0.2) is 47.4 Å². The van der Waals surface area contributed by atoms with Crippen LogP contribution in [0, 0.1) is 24.7 Å². The summed E-state index contributed by atoms with van der Waals surface area (Å²) in [5.74, 6) is -1.41. The van der Waals surface area contributed by atoms with Gasteiger partial charge >= 0.3 is 23.9 Å². The predicted octanol–water partition coefficient (Wildman–Crippen LogP) is 1.35. The van der Waals surface area contributed by atoms with Gasteiger partial charge in [0.15, 0.2) is 0 Å². The molecule has 0 fully saturated rings. The number of carboxylic acid groups (broad SMARTS) is 2. The maximum Gasteiger partial charge on any atom is 2.00 e. The molecule has 0 N–H and O–H groups in total. The van der Waals surface area contributed by atoms with Crippen molar-refractivity contribution in [3.8, 4) is 0 Å².